The van der Waals surface area contributed by atoms with Crippen molar-refractivity contribution in [3.05, 3.63) is 65.0 Å². The fourth-order valence-corrected chi connectivity index (χ4v) is 1.77. The summed E-state index contributed by atoms with van der Waals surface area (Å²) in [4.78, 5) is 0. The predicted molar refractivity (Wildman–Crippen MR) is 66.9 cm³/mol. The summed E-state index contributed by atoms with van der Waals surface area (Å²) in [6.45, 7) is -0.326. The first-order valence-corrected chi connectivity index (χ1v) is 5.89. The minimum absolute atomic E-state index is 0.154. The Labute approximate surface area is 118 Å². The van der Waals surface area contributed by atoms with Crippen molar-refractivity contribution in [1.82, 2.24) is 0 Å². The molecule has 2 rings (SSSR count). The highest BCUT2D eigenvalue weighted by molar-refractivity contribution is 5.39. The second-order valence-electron chi connectivity index (χ2n) is 4.20. The Hall–Kier alpha value is -2.55. The van der Waals surface area contributed by atoms with Gasteiger partial charge in [0.05, 0.1) is 17.2 Å². The van der Waals surface area contributed by atoms with Gasteiger partial charge in [0.25, 0.3) is 0 Å². The molecular weight excluding hydrogens is 286 g/mol. The standard InChI is InChI=1S/C15H9F4NO/c16-12-6-5-10(8-20)11(7-12)9-21-14-4-2-1-3-13(14)15(17,18)19/h1-7H,9H2. The largest absolute Gasteiger partial charge is 0.488 e. The highest BCUT2D eigenvalue weighted by Gasteiger charge is 2.34. The Bertz CT molecular complexity index is 689. The van der Waals surface area contributed by atoms with Gasteiger partial charge in [-0.25, -0.2) is 4.39 Å². The van der Waals surface area contributed by atoms with Crippen molar-refractivity contribution in [1.29, 1.82) is 5.26 Å². The van der Waals surface area contributed by atoms with Crippen LogP contribution in [0.4, 0.5) is 17.6 Å². The molecule has 0 fully saturated rings. The molecule has 0 N–H and O–H groups in total. The summed E-state index contributed by atoms with van der Waals surface area (Å²) in [6, 6.07) is 9.98. The van der Waals surface area contributed by atoms with Crippen LogP contribution in [-0.2, 0) is 12.8 Å². The van der Waals surface area contributed by atoms with Crippen molar-refractivity contribution in [3.8, 4) is 11.8 Å². The lowest BCUT2D eigenvalue weighted by Gasteiger charge is -2.14. The number of ether oxygens (including phenoxy) is 1. The van der Waals surface area contributed by atoms with E-state index in [0.717, 1.165) is 18.2 Å². The van der Waals surface area contributed by atoms with Gasteiger partial charge in [0.15, 0.2) is 0 Å². The molecule has 0 atom stereocenters. The number of rotatable bonds is 3. The molecule has 6 heteroatoms. The topological polar surface area (TPSA) is 33.0 Å². The van der Waals surface area contributed by atoms with E-state index in [1.165, 1.54) is 24.3 Å². The summed E-state index contributed by atoms with van der Waals surface area (Å²) in [5, 5.41) is 8.88. The van der Waals surface area contributed by atoms with E-state index in [9.17, 15) is 17.6 Å². The monoisotopic (exact) mass is 295 g/mol. The molecule has 0 aliphatic heterocycles. The van der Waals surface area contributed by atoms with Gasteiger partial charge in [-0.2, -0.15) is 18.4 Å². The Kier molecular flexibility index (Phi) is 4.13. The van der Waals surface area contributed by atoms with Gasteiger partial charge in [-0.15, -0.1) is 0 Å². The van der Waals surface area contributed by atoms with Crippen LogP contribution in [0.2, 0.25) is 0 Å². The zero-order chi connectivity index (χ0) is 15.5. The number of para-hydroxylation sites is 1. The highest BCUT2D eigenvalue weighted by atomic mass is 19.4. The summed E-state index contributed by atoms with van der Waals surface area (Å²) in [7, 11) is 0. The zero-order valence-corrected chi connectivity index (χ0v) is 10.6. The Balaban J connectivity index is 2.26. The molecule has 0 amide bonds. The molecule has 0 saturated heterocycles. The van der Waals surface area contributed by atoms with Crippen LogP contribution < -0.4 is 4.74 Å². The molecule has 108 valence electrons. The van der Waals surface area contributed by atoms with Gasteiger partial charge in [-0.05, 0) is 30.3 Å². The summed E-state index contributed by atoms with van der Waals surface area (Å²) in [6.07, 6.45) is -4.55. The maximum Gasteiger partial charge on any atom is 0.419 e. The van der Waals surface area contributed by atoms with Crippen LogP contribution in [0, 0.1) is 17.1 Å². The molecule has 0 aromatic heterocycles. The van der Waals surface area contributed by atoms with Crippen molar-refractivity contribution >= 4 is 0 Å². The number of halogens is 4. The third-order valence-electron chi connectivity index (χ3n) is 2.76. The van der Waals surface area contributed by atoms with Gasteiger partial charge in [0.2, 0.25) is 0 Å². The molecule has 0 saturated carbocycles. The van der Waals surface area contributed by atoms with Gasteiger partial charge >= 0.3 is 6.18 Å². The second-order valence-corrected chi connectivity index (χ2v) is 4.20. The van der Waals surface area contributed by atoms with E-state index in [1.54, 1.807) is 0 Å². The highest BCUT2D eigenvalue weighted by Crippen LogP contribution is 2.36. The van der Waals surface area contributed by atoms with Crippen LogP contribution in [0.5, 0.6) is 5.75 Å². The van der Waals surface area contributed by atoms with Crippen LogP contribution in [0.25, 0.3) is 0 Å². The van der Waals surface area contributed by atoms with E-state index in [0.29, 0.717) is 0 Å². The van der Waals surface area contributed by atoms with Crippen LogP contribution in [0.3, 0.4) is 0 Å². The molecule has 21 heavy (non-hydrogen) atoms. The van der Waals surface area contributed by atoms with Gasteiger partial charge in [0.1, 0.15) is 18.2 Å². The summed E-state index contributed by atoms with van der Waals surface area (Å²) in [5.41, 5.74) is -0.574. The van der Waals surface area contributed by atoms with Crippen LogP contribution in [-0.4, -0.2) is 0 Å². The van der Waals surface area contributed by atoms with Crippen LogP contribution in [0.15, 0.2) is 42.5 Å². The van der Waals surface area contributed by atoms with Crippen LogP contribution >= 0.6 is 0 Å². The summed E-state index contributed by atoms with van der Waals surface area (Å²) in [5.74, 6) is -0.949. The van der Waals surface area contributed by atoms with E-state index < -0.39 is 17.6 Å². The number of alkyl halides is 3. The van der Waals surface area contributed by atoms with E-state index in [1.807, 2.05) is 6.07 Å². The molecule has 0 bridgehead atoms. The average Bonchev–Trinajstić information content (AvgIpc) is 2.44. The van der Waals surface area contributed by atoms with Crippen molar-refractivity contribution in [2.45, 2.75) is 12.8 Å². The minimum Gasteiger partial charge on any atom is -0.488 e. The third kappa shape index (κ3) is 3.51. The predicted octanol–water partition coefficient (Wildman–Crippen LogP) is 4.30. The molecule has 2 aromatic carbocycles. The molecule has 0 heterocycles. The van der Waals surface area contributed by atoms with Gasteiger partial charge in [-0.1, -0.05) is 12.1 Å². The lowest BCUT2D eigenvalue weighted by atomic mass is 10.1. The van der Waals surface area contributed by atoms with Gasteiger partial charge in [-0.3, -0.25) is 0 Å². The molecule has 2 nitrogen and oxygen atoms in total. The molecule has 0 aliphatic carbocycles. The fourth-order valence-electron chi connectivity index (χ4n) is 1.77. The van der Waals surface area contributed by atoms with Crippen molar-refractivity contribution < 1.29 is 22.3 Å². The summed E-state index contributed by atoms with van der Waals surface area (Å²) < 4.78 is 56.6. The van der Waals surface area contributed by atoms with Crippen molar-refractivity contribution in [3.63, 3.8) is 0 Å². The lowest BCUT2D eigenvalue weighted by molar-refractivity contribution is -0.139. The second kappa shape index (κ2) is 5.83. The lowest BCUT2D eigenvalue weighted by Crippen LogP contribution is -2.09. The number of nitriles is 1. The first-order chi connectivity index (χ1) is 9.91. The Morgan fingerprint density at radius 2 is 1.81 bits per heavy atom. The van der Waals surface area contributed by atoms with E-state index in [-0.39, 0.29) is 23.5 Å². The maximum atomic E-state index is 13.1. The maximum absolute atomic E-state index is 13.1. The summed E-state index contributed by atoms with van der Waals surface area (Å²) >= 11 is 0. The zero-order valence-electron chi connectivity index (χ0n) is 10.6. The van der Waals surface area contributed by atoms with Gasteiger partial charge in [0, 0.05) is 5.56 Å². The smallest absolute Gasteiger partial charge is 0.419 e. The average molecular weight is 295 g/mol. The molecule has 0 aliphatic rings. The molecule has 0 radical (unpaired) electrons. The Morgan fingerprint density at radius 1 is 1.10 bits per heavy atom. The van der Waals surface area contributed by atoms with Crippen LogP contribution in [0.1, 0.15) is 16.7 Å². The number of hydrogen-bond donors (Lipinski definition) is 0. The van der Waals surface area contributed by atoms with Crippen molar-refractivity contribution in [2.24, 2.45) is 0 Å². The first-order valence-electron chi connectivity index (χ1n) is 5.89. The Morgan fingerprint density at radius 3 is 2.48 bits per heavy atom. The molecular formula is C15H9F4NO. The number of nitrogens with zero attached hydrogens (tertiary/aromatic N) is 1. The molecule has 2 aromatic rings. The quantitative estimate of drug-likeness (QED) is 0.791. The normalized spacial score (nSPS) is 11.0. The van der Waals surface area contributed by atoms with E-state index in [2.05, 4.69) is 0 Å². The van der Waals surface area contributed by atoms with E-state index >= 15 is 0 Å². The fraction of sp³-hybridized carbons (Fsp3) is 0.133. The first kappa shape index (κ1) is 14.9. The SMILES string of the molecule is N#Cc1ccc(F)cc1COc1ccccc1C(F)(F)F. The molecule has 0 unspecified atom stereocenters. The van der Waals surface area contributed by atoms with Gasteiger partial charge < -0.3 is 4.74 Å². The van der Waals surface area contributed by atoms with Crippen molar-refractivity contribution in [2.75, 3.05) is 0 Å². The minimum atomic E-state index is -4.55. The number of hydrogen-bond acceptors (Lipinski definition) is 2. The third-order valence-corrected chi connectivity index (χ3v) is 2.76. The number of benzene rings is 2. The van der Waals surface area contributed by atoms with E-state index in [4.69, 9.17) is 10.00 Å². The molecule has 0 spiro atoms.